The van der Waals surface area contributed by atoms with Gasteiger partial charge < -0.3 is 20.1 Å². The van der Waals surface area contributed by atoms with Crippen molar-refractivity contribution in [2.24, 2.45) is 0 Å². The molecule has 0 radical (unpaired) electrons. The normalized spacial score (nSPS) is 13.7. The van der Waals surface area contributed by atoms with E-state index in [0.717, 1.165) is 4.88 Å². The van der Waals surface area contributed by atoms with Gasteiger partial charge in [0.05, 0.1) is 29.3 Å². The highest BCUT2D eigenvalue weighted by Crippen LogP contribution is 2.25. The van der Waals surface area contributed by atoms with E-state index in [1.54, 1.807) is 12.1 Å². The summed E-state index contributed by atoms with van der Waals surface area (Å²) in [7, 11) is 0. The Morgan fingerprint density at radius 2 is 2.04 bits per heavy atom. The molecule has 2 aromatic rings. The molecule has 0 bridgehead atoms. The van der Waals surface area contributed by atoms with E-state index in [1.165, 1.54) is 17.4 Å². The van der Waals surface area contributed by atoms with Crippen molar-refractivity contribution < 1.29 is 19.4 Å². The zero-order valence-electron chi connectivity index (χ0n) is 13.3. The van der Waals surface area contributed by atoms with Crippen molar-refractivity contribution >= 4 is 34.6 Å². The molecule has 25 heavy (non-hydrogen) atoms. The van der Waals surface area contributed by atoms with Gasteiger partial charge in [0.1, 0.15) is 0 Å². The SMILES string of the molecule is O=C(C#Cc1cccs1)Nc1ccc(N2CCOCC2)c(C(=O)O)c1. The summed E-state index contributed by atoms with van der Waals surface area (Å²) in [5, 5.41) is 14.0. The van der Waals surface area contributed by atoms with Crippen LogP contribution in [0.3, 0.4) is 0 Å². The van der Waals surface area contributed by atoms with Crippen molar-refractivity contribution in [3.63, 3.8) is 0 Å². The highest BCUT2D eigenvalue weighted by molar-refractivity contribution is 7.10. The van der Waals surface area contributed by atoms with Crippen LogP contribution in [0, 0.1) is 11.8 Å². The number of rotatable bonds is 3. The lowest BCUT2D eigenvalue weighted by atomic mass is 10.1. The van der Waals surface area contributed by atoms with Crippen LogP contribution in [0.2, 0.25) is 0 Å². The third kappa shape index (κ3) is 4.38. The number of morpholine rings is 1. The van der Waals surface area contributed by atoms with E-state index in [0.29, 0.717) is 37.7 Å². The van der Waals surface area contributed by atoms with Crippen molar-refractivity contribution in [3.05, 3.63) is 46.2 Å². The van der Waals surface area contributed by atoms with Gasteiger partial charge in [-0.2, -0.15) is 0 Å². The standard InChI is InChI=1S/C18H16N2O4S/c21-17(6-4-14-2-1-11-25-14)19-13-3-5-16(15(12-13)18(22)23)20-7-9-24-10-8-20/h1-3,5,11-12H,7-10H2,(H,19,21)(H,22,23). The summed E-state index contributed by atoms with van der Waals surface area (Å²) < 4.78 is 5.29. The number of aromatic carboxylic acids is 1. The predicted molar refractivity (Wildman–Crippen MR) is 96.3 cm³/mol. The Hall–Kier alpha value is -2.82. The molecule has 6 nitrogen and oxygen atoms in total. The second kappa shape index (κ2) is 7.83. The molecule has 1 aliphatic rings. The molecule has 1 amide bonds. The molecule has 1 aliphatic heterocycles. The summed E-state index contributed by atoms with van der Waals surface area (Å²) in [4.78, 5) is 26.3. The van der Waals surface area contributed by atoms with Gasteiger partial charge in [0, 0.05) is 24.7 Å². The van der Waals surface area contributed by atoms with E-state index in [-0.39, 0.29) is 5.56 Å². The summed E-state index contributed by atoms with van der Waals surface area (Å²) in [6, 6.07) is 8.53. The van der Waals surface area contributed by atoms with Crippen LogP contribution in [0.15, 0.2) is 35.7 Å². The molecule has 1 fully saturated rings. The fourth-order valence-electron chi connectivity index (χ4n) is 2.50. The van der Waals surface area contributed by atoms with E-state index >= 15 is 0 Å². The summed E-state index contributed by atoms with van der Waals surface area (Å²) in [5.74, 6) is 3.74. The van der Waals surface area contributed by atoms with E-state index < -0.39 is 11.9 Å². The van der Waals surface area contributed by atoms with Gasteiger partial charge in [0.2, 0.25) is 0 Å². The Morgan fingerprint density at radius 1 is 1.24 bits per heavy atom. The number of carboxylic acid groups (broad SMARTS) is 1. The van der Waals surface area contributed by atoms with Crippen LogP contribution < -0.4 is 10.2 Å². The van der Waals surface area contributed by atoms with Gasteiger partial charge in [-0.15, -0.1) is 11.3 Å². The summed E-state index contributed by atoms with van der Waals surface area (Å²) in [6.45, 7) is 2.41. The molecule has 1 saturated heterocycles. The first-order valence-electron chi connectivity index (χ1n) is 7.70. The highest BCUT2D eigenvalue weighted by atomic mass is 32.1. The minimum Gasteiger partial charge on any atom is -0.478 e. The van der Waals surface area contributed by atoms with Crippen molar-refractivity contribution in [1.29, 1.82) is 0 Å². The lowest BCUT2D eigenvalue weighted by molar-refractivity contribution is -0.111. The van der Waals surface area contributed by atoms with Crippen LogP contribution >= 0.6 is 11.3 Å². The second-order valence-electron chi connectivity index (χ2n) is 5.32. The number of anilines is 2. The summed E-state index contributed by atoms with van der Waals surface area (Å²) in [6.07, 6.45) is 0. The molecule has 1 aromatic carbocycles. The highest BCUT2D eigenvalue weighted by Gasteiger charge is 2.19. The Labute approximate surface area is 149 Å². The van der Waals surface area contributed by atoms with E-state index in [4.69, 9.17) is 4.74 Å². The second-order valence-corrected chi connectivity index (χ2v) is 6.27. The van der Waals surface area contributed by atoms with Gasteiger partial charge in [-0.05, 0) is 35.6 Å². The molecular weight excluding hydrogens is 340 g/mol. The molecule has 0 atom stereocenters. The van der Waals surface area contributed by atoms with Crippen molar-refractivity contribution in [2.45, 2.75) is 0 Å². The number of benzene rings is 1. The molecule has 7 heteroatoms. The third-order valence-electron chi connectivity index (χ3n) is 3.66. The molecule has 1 aromatic heterocycles. The van der Waals surface area contributed by atoms with Crippen molar-refractivity contribution in [1.82, 2.24) is 0 Å². The van der Waals surface area contributed by atoms with Crippen LogP contribution in [0.25, 0.3) is 0 Å². The summed E-state index contributed by atoms with van der Waals surface area (Å²) in [5.41, 5.74) is 1.17. The maximum Gasteiger partial charge on any atom is 0.337 e. The Morgan fingerprint density at radius 3 is 2.72 bits per heavy atom. The molecule has 2 N–H and O–H groups in total. The zero-order chi connectivity index (χ0) is 17.6. The van der Waals surface area contributed by atoms with Crippen LogP contribution in [0.5, 0.6) is 0 Å². The maximum absolute atomic E-state index is 11.9. The van der Waals surface area contributed by atoms with Crippen LogP contribution in [-0.4, -0.2) is 43.3 Å². The Bertz CT molecular complexity index is 831. The summed E-state index contributed by atoms with van der Waals surface area (Å²) >= 11 is 1.45. The van der Waals surface area contributed by atoms with E-state index in [2.05, 4.69) is 17.2 Å². The fraction of sp³-hybridized carbons (Fsp3) is 0.222. The first-order chi connectivity index (χ1) is 12.1. The number of amides is 1. The van der Waals surface area contributed by atoms with Gasteiger partial charge in [-0.1, -0.05) is 6.07 Å². The monoisotopic (exact) mass is 356 g/mol. The fourth-order valence-corrected chi connectivity index (χ4v) is 3.07. The Kier molecular flexibility index (Phi) is 5.33. The van der Waals surface area contributed by atoms with Crippen molar-refractivity contribution in [3.8, 4) is 11.8 Å². The maximum atomic E-state index is 11.9. The van der Waals surface area contributed by atoms with Gasteiger partial charge in [-0.3, -0.25) is 4.79 Å². The topological polar surface area (TPSA) is 78.9 Å². The van der Waals surface area contributed by atoms with Gasteiger partial charge in [-0.25, -0.2) is 4.79 Å². The molecule has 0 saturated carbocycles. The van der Waals surface area contributed by atoms with Crippen molar-refractivity contribution in [2.75, 3.05) is 36.5 Å². The molecule has 3 rings (SSSR count). The van der Waals surface area contributed by atoms with Crippen LogP contribution in [-0.2, 0) is 9.53 Å². The molecule has 0 spiro atoms. The molecule has 128 valence electrons. The number of hydrogen-bond acceptors (Lipinski definition) is 5. The first-order valence-corrected chi connectivity index (χ1v) is 8.58. The lowest BCUT2D eigenvalue weighted by Crippen LogP contribution is -2.37. The molecule has 0 aliphatic carbocycles. The largest absolute Gasteiger partial charge is 0.478 e. The van der Waals surface area contributed by atoms with Gasteiger partial charge in [0.25, 0.3) is 0 Å². The van der Waals surface area contributed by atoms with Gasteiger partial charge >= 0.3 is 11.9 Å². The van der Waals surface area contributed by atoms with E-state index in [9.17, 15) is 14.7 Å². The predicted octanol–water partition coefficient (Wildman–Crippen LogP) is 2.27. The van der Waals surface area contributed by atoms with Gasteiger partial charge in [0.15, 0.2) is 0 Å². The lowest BCUT2D eigenvalue weighted by Gasteiger charge is -2.30. The number of carboxylic acids is 1. The quantitative estimate of drug-likeness (QED) is 0.825. The molecule has 2 heterocycles. The number of thiophene rings is 1. The smallest absolute Gasteiger partial charge is 0.337 e. The minimum absolute atomic E-state index is 0.144. The average Bonchev–Trinajstić information content (AvgIpc) is 3.14. The first kappa shape index (κ1) is 17.0. The Balaban J connectivity index is 1.77. The average molecular weight is 356 g/mol. The third-order valence-corrected chi connectivity index (χ3v) is 4.44. The molecule has 0 unspecified atom stereocenters. The number of ether oxygens (including phenoxy) is 1. The minimum atomic E-state index is -1.04. The zero-order valence-corrected chi connectivity index (χ0v) is 14.1. The molecular formula is C18H16N2O4S. The number of carbonyl (C=O) groups is 2. The number of nitrogens with zero attached hydrogens (tertiary/aromatic N) is 1. The van der Waals surface area contributed by atoms with E-state index in [1.807, 2.05) is 22.4 Å². The number of nitrogens with one attached hydrogen (secondary N) is 1. The number of carbonyl (C=O) groups excluding carboxylic acids is 1. The van der Waals surface area contributed by atoms with Crippen LogP contribution in [0.4, 0.5) is 11.4 Å². The number of hydrogen-bond donors (Lipinski definition) is 2. The van der Waals surface area contributed by atoms with Crippen LogP contribution in [0.1, 0.15) is 15.2 Å².